The molecule has 0 bridgehead atoms. The Morgan fingerprint density at radius 2 is 2.04 bits per heavy atom. The van der Waals surface area contributed by atoms with Crippen molar-refractivity contribution in [2.45, 2.75) is 45.2 Å². The van der Waals surface area contributed by atoms with Crippen LogP contribution < -0.4 is 0 Å². The van der Waals surface area contributed by atoms with Gasteiger partial charge in [0.2, 0.25) is 0 Å². The van der Waals surface area contributed by atoms with E-state index in [1.54, 1.807) is 0 Å². The second-order valence-corrected chi connectivity index (χ2v) is 7.34. The molecule has 4 nitrogen and oxygen atoms in total. The minimum Gasteiger partial charge on any atom is -0.341 e. The summed E-state index contributed by atoms with van der Waals surface area (Å²) in [6, 6.07) is 11.3. The number of aryl methyl sites for hydroxylation is 3. The van der Waals surface area contributed by atoms with Crippen LogP contribution in [0.2, 0.25) is 0 Å². The molecule has 0 amide bonds. The molecule has 3 aromatic rings. The van der Waals surface area contributed by atoms with Crippen LogP contribution in [0, 0.1) is 6.92 Å². The molecule has 1 saturated heterocycles. The van der Waals surface area contributed by atoms with Gasteiger partial charge >= 0.3 is 0 Å². The third-order valence-corrected chi connectivity index (χ3v) is 5.87. The molecule has 1 fully saturated rings. The average Bonchev–Trinajstić information content (AvgIpc) is 3.22. The third-order valence-electron chi connectivity index (χ3n) is 5.87. The summed E-state index contributed by atoms with van der Waals surface area (Å²) in [5.74, 6) is 0.880. The van der Waals surface area contributed by atoms with Gasteiger partial charge in [-0.3, -0.25) is 4.90 Å². The Morgan fingerprint density at radius 1 is 1.16 bits per heavy atom. The molecular weight excluding hydrogens is 308 g/mol. The lowest BCUT2D eigenvalue weighted by Gasteiger charge is -2.30. The Bertz CT molecular complexity index is 913. The largest absolute Gasteiger partial charge is 0.341 e. The van der Waals surface area contributed by atoms with E-state index in [-0.39, 0.29) is 0 Å². The van der Waals surface area contributed by atoms with Crippen LogP contribution in [0.25, 0.3) is 11.0 Å². The van der Waals surface area contributed by atoms with Crippen molar-refractivity contribution < 1.29 is 0 Å². The molecule has 2 aliphatic heterocycles. The van der Waals surface area contributed by atoms with Gasteiger partial charge in [0.1, 0.15) is 5.82 Å². The Balaban J connectivity index is 1.61. The summed E-state index contributed by atoms with van der Waals surface area (Å²) in [5.41, 5.74) is 6.82. The molecule has 4 heteroatoms. The first-order valence-electron chi connectivity index (χ1n) is 9.44. The van der Waals surface area contributed by atoms with E-state index in [1.165, 1.54) is 53.8 Å². The molecule has 0 N–H and O–H groups in total. The number of nitrogens with zero attached hydrogens (tertiary/aromatic N) is 4. The number of benzene rings is 1. The lowest BCUT2D eigenvalue weighted by molar-refractivity contribution is 0.241. The molecule has 0 spiro atoms. The molecule has 0 radical (unpaired) electrons. The van der Waals surface area contributed by atoms with E-state index in [4.69, 9.17) is 4.98 Å². The van der Waals surface area contributed by atoms with Gasteiger partial charge < -0.3 is 4.57 Å². The summed E-state index contributed by atoms with van der Waals surface area (Å²) in [4.78, 5) is 12.0. The van der Waals surface area contributed by atoms with Gasteiger partial charge in [0.25, 0.3) is 0 Å². The molecule has 0 saturated carbocycles. The first-order valence-corrected chi connectivity index (χ1v) is 9.44. The highest BCUT2D eigenvalue weighted by atomic mass is 15.2. The van der Waals surface area contributed by atoms with Crippen molar-refractivity contribution in [1.29, 1.82) is 0 Å². The topological polar surface area (TPSA) is 34.0 Å². The number of fused-ring (bicyclic) bond motifs is 5. The van der Waals surface area contributed by atoms with E-state index >= 15 is 0 Å². The van der Waals surface area contributed by atoms with E-state index in [0.717, 1.165) is 25.2 Å². The van der Waals surface area contributed by atoms with Crippen LogP contribution in [0.1, 0.15) is 41.5 Å². The van der Waals surface area contributed by atoms with Crippen molar-refractivity contribution in [3.8, 4) is 0 Å². The van der Waals surface area contributed by atoms with E-state index in [2.05, 4.69) is 44.8 Å². The highest BCUT2D eigenvalue weighted by Gasteiger charge is 2.35. The predicted molar refractivity (Wildman–Crippen MR) is 99.7 cm³/mol. The highest BCUT2D eigenvalue weighted by molar-refractivity contribution is 5.82. The fourth-order valence-corrected chi connectivity index (χ4v) is 4.72. The molecule has 128 valence electrons. The molecule has 1 unspecified atom stereocenters. The summed E-state index contributed by atoms with van der Waals surface area (Å²) in [6.45, 7) is 5.44. The van der Waals surface area contributed by atoms with Gasteiger partial charge in [-0.25, -0.2) is 9.97 Å². The van der Waals surface area contributed by atoms with E-state index < -0.39 is 0 Å². The Morgan fingerprint density at radius 3 is 2.92 bits per heavy atom. The van der Waals surface area contributed by atoms with Gasteiger partial charge in [-0.05, 0) is 38.3 Å². The number of hydrogen-bond acceptors (Lipinski definition) is 3. The van der Waals surface area contributed by atoms with Gasteiger partial charge in [0.05, 0.1) is 17.2 Å². The smallest absolute Gasteiger partial charge is 0.126 e. The summed E-state index contributed by atoms with van der Waals surface area (Å²) in [7, 11) is 0. The van der Waals surface area contributed by atoms with Crippen molar-refractivity contribution in [2.75, 3.05) is 13.1 Å². The number of aromatic nitrogens is 3. The zero-order valence-corrected chi connectivity index (χ0v) is 14.8. The summed E-state index contributed by atoms with van der Waals surface area (Å²) < 4.78 is 2.51. The van der Waals surface area contributed by atoms with Crippen LogP contribution >= 0.6 is 0 Å². The maximum absolute atomic E-state index is 4.87. The second-order valence-electron chi connectivity index (χ2n) is 7.34. The monoisotopic (exact) mass is 332 g/mol. The lowest BCUT2D eigenvalue weighted by Crippen LogP contribution is -2.31. The maximum Gasteiger partial charge on any atom is 0.126 e. The Labute approximate surface area is 148 Å². The number of rotatable bonds is 3. The summed E-state index contributed by atoms with van der Waals surface area (Å²) >= 11 is 0. The van der Waals surface area contributed by atoms with E-state index in [1.807, 2.05) is 13.1 Å². The maximum atomic E-state index is 4.87. The van der Waals surface area contributed by atoms with Crippen molar-refractivity contribution in [1.82, 2.24) is 19.4 Å². The second kappa shape index (κ2) is 5.95. The number of hydrogen-bond donors (Lipinski definition) is 0. The van der Waals surface area contributed by atoms with Gasteiger partial charge in [-0.2, -0.15) is 0 Å². The van der Waals surface area contributed by atoms with Gasteiger partial charge in [0.15, 0.2) is 0 Å². The van der Waals surface area contributed by atoms with Crippen LogP contribution in [0.3, 0.4) is 0 Å². The van der Waals surface area contributed by atoms with Crippen LogP contribution in [0.15, 0.2) is 36.5 Å². The first kappa shape index (κ1) is 15.1. The van der Waals surface area contributed by atoms with Crippen LogP contribution in [-0.2, 0) is 19.4 Å². The third kappa shape index (κ3) is 2.47. The van der Waals surface area contributed by atoms with Crippen molar-refractivity contribution in [2.24, 2.45) is 0 Å². The molecule has 2 aliphatic rings. The van der Waals surface area contributed by atoms with Gasteiger partial charge in [0, 0.05) is 36.8 Å². The Kier molecular flexibility index (Phi) is 3.59. The molecule has 2 aromatic heterocycles. The summed E-state index contributed by atoms with van der Waals surface area (Å²) in [6.07, 6.45) is 6.81. The van der Waals surface area contributed by atoms with E-state index in [9.17, 15) is 0 Å². The SMILES string of the molecule is Cc1ncc2c(n1)c1c(n2CCc2ccccc2)CCN2CCCC12. The van der Waals surface area contributed by atoms with Crippen molar-refractivity contribution in [3.05, 3.63) is 59.2 Å². The summed E-state index contributed by atoms with van der Waals surface area (Å²) in [5, 5.41) is 0. The van der Waals surface area contributed by atoms with Gasteiger partial charge in [-0.15, -0.1) is 0 Å². The fraction of sp³-hybridized carbons (Fsp3) is 0.429. The average molecular weight is 332 g/mol. The fourth-order valence-electron chi connectivity index (χ4n) is 4.72. The molecular formula is C21H24N4. The quantitative estimate of drug-likeness (QED) is 0.734. The van der Waals surface area contributed by atoms with E-state index in [0.29, 0.717) is 6.04 Å². The van der Waals surface area contributed by atoms with Crippen molar-refractivity contribution >= 4 is 11.0 Å². The zero-order valence-electron chi connectivity index (χ0n) is 14.8. The zero-order chi connectivity index (χ0) is 16.8. The minimum absolute atomic E-state index is 0.568. The molecule has 25 heavy (non-hydrogen) atoms. The minimum atomic E-state index is 0.568. The molecule has 1 aromatic carbocycles. The molecule has 0 aliphatic carbocycles. The standard InChI is InChI=1S/C21H24N4/c1-15-22-14-19-21(23-15)20-17-8-5-11-24(17)12-10-18(20)25(19)13-9-16-6-3-2-4-7-16/h2-4,6-7,14,17H,5,8-13H2,1H3. The van der Waals surface area contributed by atoms with Crippen LogP contribution in [0.5, 0.6) is 0 Å². The van der Waals surface area contributed by atoms with Crippen molar-refractivity contribution in [3.63, 3.8) is 0 Å². The van der Waals surface area contributed by atoms with Gasteiger partial charge in [-0.1, -0.05) is 30.3 Å². The van der Waals surface area contributed by atoms with Crippen LogP contribution in [-0.4, -0.2) is 32.5 Å². The molecule has 5 rings (SSSR count). The molecule has 1 atom stereocenters. The molecule has 4 heterocycles. The van der Waals surface area contributed by atoms with Crippen LogP contribution in [0.4, 0.5) is 0 Å². The predicted octanol–water partition coefficient (Wildman–Crippen LogP) is 3.68. The first-order chi connectivity index (χ1) is 12.3. The Hall–Kier alpha value is -2.20. The lowest BCUT2D eigenvalue weighted by atomic mass is 9.98. The highest BCUT2D eigenvalue weighted by Crippen LogP contribution is 2.42. The normalized spacial score (nSPS) is 20.0.